The predicted octanol–water partition coefficient (Wildman–Crippen LogP) is 2.23. The van der Waals surface area contributed by atoms with Crippen LogP contribution in [-0.2, 0) is 11.2 Å². The van der Waals surface area contributed by atoms with Gasteiger partial charge in [-0.05, 0) is 38.6 Å². The topological polar surface area (TPSA) is 34.1 Å². The van der Waals surface area contributed by atoms with Gasteiger partial charge in [0.05, 0.1) is 11.6 Å². The lowest BCUT2D eigenvalue weighted by atomic mass is 10.1. The van der Waals surface area contributed by atoms with Gasteiger partial charge in [-0.25, -0.2) is 4.98 Å². The number of nitrogens with one attached hydrogen (secondary N) is 1. The second-order valence-electron chi connectivity index (χ2n) is 4.25. The summed E-state index contributed by atoms with van der Waals surface area (Å²) in [6, 6.07) is 0.591. The molecule has 0 amide bonds. The quantitative estimate of drug-likeness (QED) is 0.774. The average Bonchev–Trinajstić information content (AvgIpc) is 2.83. The van der Waals surface area contributed by atoms with Gasteiger partial charge in [-0.3, -0.25) is 0 Å². The second-order valence-corrected chi connectivity index (χ2v) is 5.23. The smallest absolute Gasteiger partial charge is 0.0924 e. The maximum atomic E-state index is 5.43. The molecule has 16 heavy (non-hydrogen) atoms. The number of aromatic nitrogens is 1. The zero-order valence-electron chi connectivity index (χ0n) is 9.65. The monoisotopic (exact) mass is 240 g/mol. The van der Waals surface area contributed by atoms with E-state index in [9.17, 15) is 0 Å². The third-order valence-electron chi connectivity index (χ3n) is 2.89. The van der Waals surface area contributed by atoms with Crippen LogP contribution in [0.25, 0.3) is 0 Å². The summed E-state index contributed by atoms with van der Waals surface area (Å²) >= 11 is 1.76. The molecule has 0 spiro atoms. The summed E-state index contributed by atoms with van der Waals surface area (Å²) in [5.74, 6) is 0. The Morgan fingerprint density at radius 1 is 1.50 bits per heavy atom. The van der Waals surface area contributed by atoms with Crippen molar-refractivity contribution >= 4 is 11.3 Å². The first kappa shape index (κ1) is 12.0. The molecule has 0 bridgehead atoms. The van der Waals surface area contributed by atoms with E-state index < -0.39 is 0 Å². The fourth-order valence-electron chi connectivity index (χ4n) is 1.99. The average molecular weight is 240 g/mol. The third kappa shape index (κ3) is 4.20. The molecule has 2 heterocycles. The molecule has 1 aliphatic heterocycles. The lowest BCUT2D eigenvalue weighted by Gasteiger charge is -2.23. The van der Waals surface area contributed by atoms with Crippen molar-refractivity contribution in [2.45, 2.75) is 38.1 Å². The molecule has 1 N–H and O–H groups in total. The summed E-state index contributed by atoms with van der Waals surface area (Å²) in [4.78, 5) is 4.28. The van der Waals surface area contributed by atoms with Crippen molar-refractivity contribution in [3.8, 4) is 0 Å². The number of rotatable bonds is 6. The van der Waals surface area contributed by atoms with Gasteiger partial charge >= 0.3 is 0 Å². The van der Waals surface area contributed by atoms with E-state index in [-0.39, 0.29) is 0 Å². The molecule has 1 atom stereocenters. The normalized spacial score (nSPS) is 21.1. The van der Waals surface area contributed by atoms with Crippen LogP contribution in [0.5, 0.6) is 0 Å². The number of hydrogen-bond donors (Lipinski definition) is 1. The molecular weight excluding hydrogens is 220 g/mol. The molecule has 1 fully saturated rings. The van der Waals surface area contributed by atoms with Gasteiger partial charge < -0.3 is 10.1 Å². The molecule has 0 saturated carbocycles. The van der Waals surface area contributed by atoms with Crippen LogP contribution in [0.2, 0.25) is 0 Å². The van der Waals surface area contributed by atoms with Crippen molar-refractivity contribution in [2.75, 3.05) is 19.8 Å². The largest absolute Gasteiger partial charge is 0.380 e. The third-order valence-corrected chi connectivity index (χ3v) is 3.73. The highest BCUT2D eigenvalue weighted by Crippen LogP contribution is 2.09. The molecule has 1 unspecified atom stereocenters. The standard InChI is InChI=1S/C12H20N2OS/c1(5-12-14-7-9-16-12)2-6-13-11-4-3-8-15-10-11/h7,9,11,13H,1-6,8,10H2. The van der Waals surface area contributed by atoms with Crippen molar-refractivity contribution in [3.63, 3.8) is 0 Å². The summed E-state index contributed by atoms with van der Waals surface area (Å²) in [5.41, 5.74) is 0. The van der Waals surface area contributed by atoms with E-state index in [0.29, 0.717) is 6.04 Å². The minimum atomic E-state index is 0.591. The molecule has 4 heteroatoms. The number of hydrogen-bond acceptors (Lipinski definition) is 4. The predicted molar refractivity (Wildman–Crippen MR) is 66.9 cm³/mol. The van der Waals surface area contributed by atoms with E-state index in [1.54, 1.807) is 11.3 Å². The highest BCUT2D eigenvalue weighted by Gasteiger charge is 2.11. The van der Waals surface area contributed by atoms with Gasteiger partial charge in [0.1, 0.15) is 0 Å². The van der Waals surface area contributed by atoms with Gasteiger partial charge in [-0.15, -0.1) is 11.3 Å². The molecule has 0 radical (unpaired) electrons. The van der Waals surface area contributed by atoms with Crippen LogP contribution in [0.1, 0.15) is 30.7 Å². The van der Waals surface area contributed by atoms with Crippen LogP contribution < -0.4 is 5.32 Å². The number of aryl methyl sites for hydroxylation is 1. The first-order valence-electron chi connectivity index (χ1n) is 6.14. The Bertz CT molecular complexity index is 271. The van der Waals surface area contributed by atoms with Crippen molar-refractivity contribution in [3.05, 3.63) is 16.6 Å². The van der Waals surface area contributed by atoms with Crippen LogP contribution >= 0.6 is 11.3 Å². The fraction of sp³-hybridized carbons (Fsp3) is 0.750. The SMILES string of the molecule is c1csc(CCCCNC2CCCOC2)n1. The van der Waals surface area contributed by atoms with E-state index in [0.717, 1.165) is 26.2 Å². The molecule has 1 saturated heterocycles. The number of thiazole rings is 1. The van der Waals surface area contributed by atoms with Crippen LogP contribution in [-0.4, -0.2) is 30.8 Å². The number of nitrogens with zero attached hydrogens (tertiary/aromatic N) is 1. The Morgan fingerprint density at radius 3 is 3.25 bits per heavy atom. The summed E-state index contributed by atoms with van der Waals surface area (Å²) in [6.45, 7) is 2.95. The van der Waals surface area contributed by atoms with Crippen molar-refractivity contribution in [1.29, 1.82) is 0 Å². The van der Waals surface area contributed by atoms with Gasteiger partial charge in [0.15, 0.2) is 0 Å². The maximum absolute atomic E-state index is 5.43. The Labute approximate surface area is 101 Å². The number of unbranched alkanes of at least 4 members (excludes halogenated alkanes) is 1. The lowest BCUT2D eigenvalue weighted by molar-refractivity contribution is 0.0705. The summed E-state index contributed by atoms with van der Waals surface area (Å²) in [6.07, 6.45) is 7.95. The molecule has 0 aromatic carbocycles. The minimum absolute atomic E-state index is 0.591. The maximum Gasteiger partial charge on any atom is 0.0924 e. The molecule has 1 aromatic heterocycles. The first-order valence-corrected chi connectivity index (χ1v) is 7.02. The summed E-state index contributed by atoms with van der Waals surface area (Å²) in [7, 11) is 0. The van der Waals surface area contributed by atoms with Gasteiger partial charge in [0.2, 0.25) is 0 Å². The van der Waals surface area contributed by atoms with Crippen molar-refractivity contribution in [2.24, 2.45) is 0 Å². The van der Waals surface area contributed by atoms with Gasteiger partial charge in [-0.1, -0.05) is 0 Å². The summed E-state index contributed by atoms with van der Waals surface area (Å²) in [5, 5.41) is 6.87. The zero-order chi connectivity index (χ0) is 11.1. The Hall–Kier alpha value is -0.450. The molecule has 3 nitrogen and oxygen atoms in total. The van der Waals surface area contributed by atoms with Crippen molar-refractivity contribution < 1.29 is 4.74 Å². The van der Waals surface area contributed by atoms with Gasteiger partial charge in [0.25, 0.3) is 0 Å². The molecular formula is C12H20N2OS. The van der Waals surface area contributed by atoms with E-state index in [2.05, 4.69) is 10.3 Å². The van der Waals surface area contributed by atoms with E-state index in [1.165, 1.54) is 30.7 Å². The molecule has 1 aliphatic rings. The lowest BCUT2D eigenvalue weighted by Crippen LogP contribution is -2.37. The Morgan fingerprint density at radius 2 is 2.50 bits per heavy atom. The Kier molecular flexibility index (Phi) is 5.25. The van der Waals surface area contributed by atoms with Crippen LogP contribution in [0.15, 0.2) is 11.6 Å². The fourth-order valence-corrected chi connectivity index (χ4v) is 2.65. The van der Waals surface area contributed by atoms with Crippen LogP contribution in [0, 0.1) is 0 Å². The molecule has 0 aliphatic carbocycles. The van der Waals surface area contributed by atoms with E-state index in [1.807, 2.05) is 11.6 Å². The van der Waals surface area contributed by atoms with Crippen LogP contribution in [0.3, 0.4) is 0 Å². The van der Waals surface area contributed by atoms with Crippen molar-refractivity contribution in [1.82, 2.24) is 10.3 Å². The summed E-state index contributed by atoms with van der Waals surface area (Å²) < 4.78 is 5.43. The molecule has 2 rings (SSSR count). The highest BCUT2D eigenvalue weighted by molar-refractivity contribution is 7.09. The van der Waals surface area contributed by atoms with E-state index in [4.69, 9.17) is 4.74 Å². The number of ether oxygens (including phenoxy) is 1. The zero-order valence-corrected chi connectivity index (χ0v) is 10.5. The van der Waals surface area contributed by atoms with E-state index >= 15 is 0 Å². The van der Waals surface area contributed by atoms with Crippen LogP contribution in [0.4, 0.5) is 0 Å². The molecule has 90 valence electrons. The Balaban J connectivity index is 1.48. The molecule has 1 aromatic rings. The minimum Gasteiger partial charge on any atom is -0.380 e. The second kappa shape index (κ2) is 6.99. The highest BCUT2D eigenvalue weighted by atomic mass is 32.1. The van der Waals surface area contributed by atoms with Gasteiger partial charge in [-0.2, -0.15) is 0 Å². The first-order chi connectivity index (χ1) is 7.95. The van der Waals surface area contributed by atoms with Gasteiger partial charge in [0, 0.05) is 24.2 Å².